The number of hydrogen-bond acceptors (Lipinski definition) is 4. The molecule has 0 spiro atoms. The van der Waals surface area contributed by atoms with Gasteiger partial charge >= 0.3 is 0 Å². The Balaban J connectivity index is 1.40. The fourth-order valence-corrected chi connectivity index (χ4v) is 4.29. The van der Waals surface area contributed by atoms with Crippen LogP contribution in [-0.4, -0.2) is 70.7 Å². The van der Waals surface area contributed by atoms with E-state index in [0.717, 1.165) is 36.2 Å². The van der Waals surface area contributed by atoms with Gasteiger partial charge in [0.1, 0.15) is 0 Å². The van der Waals surface area contributed by atoms with Gasteiger partial charge in [-0.25, -0.2) is 0 Å². The molecule has 2 fully saturated rings. The fourth-order valence-electron chi connectivity index (χ4n) is 4.29. The van der Waals surface area contributed by atoms with Crippen molar-refractivity contribution >= 4 is 23.4 Å². The molecule has 7 heteroatoms. The third kappa shape index (κ3) is 3.37. The van der Waals surface area contributed by atoms with E-state index in [4.69, 9.17) is 0 Å². The first-order valence-electron chi connectivity index (χ1n) is 9.83. The summed E-state index contributed by atoms with van der Waals surface area (Å²) in [5, 5.41) is 3.49. The zero-order valence-electron chi connectivity index (χ0n) is 16.2. The van der Waals surface area contributed by atoms with Crippen molar-refractivity contribution in [3.05, 3.63) is 42.0 Å². The van der Waals surface area contributed by atoms with E-state index in [2.05, 4.69) is 11.9 Å². The molecule has 0 saturated carbocycles. The van der Waals surface area contributed by atoms with Crippen LogP contribution in [-0.2, 0) is 16.1 Å². The summed E-state index contributed by atoms with van der Waals surface area (Å²) >= 11 is 0. The Morgan fingerprint density at radius 2 is 2.00 bits per heavy atom. The average molecular weight is 382 g/mol. The van der Waals surface area contributed by atoms with Gasteiger partial charge in [-0.3, -0.25) is 14.4 Å². The fraction of sp³-hybridized carbons (Fsp3) is 0.476. The molecule has 0 aliphatic carbocycles. The van der Waals surface area contributed by atoms with Crippen LogP contribution in [0.4, 0.5) is 5.69 Å². The highest BCUT2D eigenvalue weighted by Crippen LogP contribution is 2.30. The van der Waals surface area contributed by atoms with E-state index < -0.39 is 0 Å². The molecule has 0 aromatic heterocycles. The second-order valence-electron chi connectivity index (χ2n) is 7.85. The molecular formula is C21H26N4O3. The van der Waals surface area contributed by atoms with Crippen LogP contribution < -0.4 is 5.32 Å². The van der Waals surface area contributed by atoms with Gasteiger partial charge < -0.3 is 20.0 Å². The molecule has 0 bridgehead atoms. The Morgan fingerprint density at radius 3 is 2.71 bits per heavy atom. The van der Waals surface area contributed by atoms with Crippen molar-refractivity contribution in [1.29, 1.82) is 0 Å². The molecule has 0 radical (unpaired) electrons. The molecule has 7 nitrogen and oxygen atoms in total. The quantitative estimate of drug-likeness (QED) is 0.801. The average Bonchev–Trinajstić information content (AvgIpc) is 2.97. The van der Waals surface area contributed by atoms with E-state index in [1.165, 1.54) is 6.08 Å². The SMILES string of the molecule is C=CC(=O)N1CC(N2Cc3ccc(NC4CCCN(C(C)=O)C4)cc3C2=O)C1. The van der Waals surface area contributed by atoms with Gasteiger partial charge in [0.2, 0.25) is 11.8 Å². The number of anilines is 1. The number of rotatable bonds is 4. The molecule has 1 unspecified atom stereocenters. The molecular weight excluding hydrogens is 356 g/mol. The lowest BCUT2D eigenvalue weighted by Gasteiger charge is -2.43. The van der Waals surface area contributed by atoms with Crippen LogP contribution in [0.5, 0.6) is 0 Å². The molecule has 28 heavy (non-hydrogen) atoms. The molecule has 3 aliphatic heterocycles. The molecule has 3 aliphatic rings. The van der Waals surface area contributed by atoms with Gasteiger partial charge in [-0.1, -0.05) is 12.6 Å². The number of amides is 3. The number of piperidine rings is 1. The normalized spacial score (nSPS) is 22.0. The molecule has 1 N–H and O–H groups in total. The van der Waals surface area contributed by atoms with Crippen LogP contribution in [0.15, 0.2) is 30.9 Å². The van der Waals surface area contributed by atoms with Crippen LogP contribution in [0.1, 0.15) is 35.7 Å². The summed E-state index contributed by atoms with van der Waals surface area (Å²) in [5.74, 6) is 0.0538. The van der Waals surface area contributed by atoms with Crippen molar-refractivity contribution in [2.24, 2.45) is 0 Å². The van der Waals surface area contributed by atoms with Gasteiger partial charge in [0.05, 0.1) is 6.04 Å². The van der Waals surface area contributed by atoms with Gasteiger partial charge in [-0.05, 0) is 36.6 Å². The highest BCUT2D eigenvalue weighted by Gasteiger charge is 2.40. The number of fused-ring (bicyclic) bond motifs is 1. The van der Waals surface area contributed by atoms with Crippen LogP contribution in [0.3, 0.4) is 0 Å². The lowest BCUT2D eigenvalue weighted by molar-refractivity contribution is -0.132. The maximum absolute atomic E-state index is 12.9. The Hall–Kier alpha value is -2.83. The van der Waals surface area contributed by atoms with Crippen molar-refractivity contribution in [1.82, 2.24) is 14.7 Å². The number of likely N-dealkylation sites (tertiary alicyclic amines) is 2. The molecule has 2 saturated heterocycles. The first-order chi connectivity index (χ1) is 13.5. The summed E-state index contributed by atoms with van der Waals surface area (Å²) in [6.07, 6.45) is 3.31. The van der Waals surface area contributed by atoms with Crippen molar-refractivity contribution < 1.29 is 14.4 Å². The predicted molar refractivity (Wildman–Crippen MR) is 106 cm³/mol. The minimum Gasteiger partial charge on any atom is -0.381 e. The van der Waals surface area contributed by atoms with Gasteiger partial charge in [-0.2, -0.15) is 0 Å². The molecule has 3 heterocycles. The van der Waals surface area contributed by atoms with Gasteiger partial charge in [-0.15, -0.1) is 0 Å². The topological polar surface area (TPSA) is 73.0 Å². The first-order valence-corrected chi connectivity index (χ1v) is 9.83. The van der Waals surface area contributed by atoms with Gasteiger partial charge in [0.15, 0.2) is 0 Å². The smallest absolute Gasteiger partial charge is 0.254 e. The Labute approximate surface area is 165 Å². The lowest BCUT2D eigenvalue weighted by Crippen LogP contribution is -2.60. The number of carbonyl (C=O) groups excluding carboxylic acids is 3. The van der Waals surface area contributed by atoms with Crippen molar-refractivity contribution in [3.63, 3.8) is 0 Å². The summed E-state index contributed by atoms with van der Waals surface area (Å²) in [5.41, 5.74) is 2.68. The highest BCUT2D eigenvalue weighted by molar-refractivity contribution is 5.99. The lowest BCUT2D eigenvalue weighted by atomic mass is 10.0. The highest BCUT2D eigenvalue weighted by atomic mass is 16.2. The van der Waals surface area contributed by atoms with E-state index >= 15 is 0 Å². The van der Waals surface area contributed by atoms with Gasteiger partial charge in [0, 0.05) is 56.9 Å². The number of nitrogens with one attached hydrogen (secondary N) is 1. The second-order valence-corrected chi connectivity index (χ2v) is 7.85. The summed E-state index contributed by atoms with van der Waals surface area (Å²) in [4.78, 5) is 41.6. The van der Waals surface area contributed by atoms with Crippen LogP contribution >= 0.6 is 0 Å². The largest absolute Gasteiger partial charge is 0.381 e. The maximum atomic E-state index is 12.9. The summed E-state index contributed by atoms with van der Waals surface area (Å²) in [6, 6.07) is 6.22. The number of nitrogens with zero attached hydrogens (tertiary/aromatic N) is 3. The van der Waals surface area contributed by atoms with Crippen molar-refractivity contribution in [2.75, 3.05) is 31.5 Å². The summed E-state index contributed by atoms with van der Waals surface area (Å²) in [7, 11) is 0. The maximum Gasteiger partial charge on any atom is 0.254 e. The second kappa shape index (κ2) is 7.30. The van der Waals surface area contributed by atoms with E-state index in [0.29, 0.717) is 26.2 Å². The Morgan fingerprint density at radius 1 is 1.21 bits per heavy atom. The van der Waals surface area contributed by atoms with Crippen LogP contribution in [0.2, 0.25) is 0 Å². The summed E-state index contributed by atoms with van der Waals surface area (Å²) < 4.78 is 0. The minimum atomic E-state index is -0.0843. The molecule has 1 aromatic carbocycles. The first kappa shape index (κ1) is 18.5. The Kier molecular flexibility index (Phi) is 4.83. The third-order valence-corrected chi connectivity index (χ3v) is 5.97. The number of hydrogen-bond donors (Lipinski definition) is 1. The third-order valence-electron chi connectivity index (χ3n) is 5.97. The van der Waals surface area contributed by atoms with Crippen LogP contribution in [0, 0.1) is 0 Å². The monoisotopic (exact) mass is 382 g/mol. The number of carbonyl (C=O) groups is 3. The predicted octanol–water partition coefficient (Wildman–Crippen LogP) is 1.46. The summed E-state index contributed by atoms with van der Waals surface area (Å²) in [6.45, 7) is 8.36. The van der Waals surface area contributed by atoms with Crippen molar-refractivity contribution in [2.45, 2.75) is 38.4 Å². The minimum absolute atomic E-state index is 0.0309. The van der Waals surface area contributed by atoms with E-state index in [-0.39, 0.29) is 29.8 Å². The van der Waals surface area contributed by atoms with E-state index in [9.17, 15) is 14.4 Å². The molecule has 1 atom stereocenters. The zero-order valence-corrected chi connectivity index (χ0v) is 16.2. The molecule has 1 aromatic rings. The molecule has 4 rings (SSSR count). The standard InChI is InChI=1S/C21H26N4O3/c1-3-20(27)24-12-18(13-24)25-10-15-6-7-16(9-19(15)21(25)28)22-17-5-4-8-23(11-17)14(2)26/h3,6-7,9,17-18,22H,1,4-5,8,10-13H2,2H3. The van der Waals surface area contributed by atoms with Gasteiger partial charge in [0.25, 0.3) is 5.91 Å². The molecule has 3 amide bonds. The zero-order chi connectivity index (χ0) is 19.8. The van der Waals surface area contributed by atoms with Crippen LogP contribution in [0.25, 0.3) is 0 Å². The molecule has 148 valence electrons. The van der Waals surface area contributed by atoms with E-state index in [1.54, 1.807) is 11.8 Å². The van der Waals surface area contributed by atoms with Crippen molar-refractivity contribution in [3.8, 4) is 0 Å². The Bertz CT molecular complexity index is 831. The number of benzene rings is 1. The van der Waals surface area contributed by atoms with E-state index in [1.807, 2.05) is 28.0 Å².